The summed E-state index contributed by atoms with van der Waals surface area (Å²) in [7, 11) is -3.47. The van der Waals surface area contributed by atoms with Crippen molar-refractivity contribution >= 4 is 32.5 Å². The lowest BCUT2D eigenvalue weighted by molar-refractivity contribution is 0.100. The molecule has 0 spiro atoms. The van der Waals surface area contributed by atoms with E-state index in [2.05, 4.69) is 21.2 Å². The van der Waals surface area contributed by atoms with Crippen LogP contribution in [0.2, 0.25) is 0 Å². The Bertz CT molecular complexity index is 978. The van der Waals surface area contributed by atoms with E-state index in [1.165, 1.54) is 0 Å². The highest BCUT2D eigenvalue weighted by Gasteiger charge is 2.26. The number of carbonyl (C=O) groups excluding carboxylic acids is 1. The third-order valence-corrected chi connectivity index (χ3v) is 6.11. The van der Waals surface area contributed by atoms with Crippen molar-refractivity contribution in [1.82, 2.24) is 9.71 Å². The molecule has 2 heterocycles. The van der Waals surface area contributed by atoms with Crippen LogP contribution in [0.15, 0.2) is 24.1 Å². The van der Waals surface area contributed by atoms with Gasteiger partial charge in [-0.05, 0) is 44.4 Å². The number of fused-ring (bicyclic) bond motifs is 1. The third kappa shape index (κ3) is 3.34. The van der Waals surface area contributed by atoms with E-state index in [-0.39, 0.29) is 6.04 Å². The molecule has 0 bridgehead atoms. The number of anilines is 1. The van der Waals surface area contributed by atoms with Gasteiger partial charge in [0.2, 0.25) is 10.0 Å². The number of aromatic nitrogens is 1. The molecule has 140 valence electrons. The molecule has 1 saturated heterocycles. The lowest BCUT2D eigenvalue weighted by atomic mass is 10.0. The number of primary amides is 1. The standard InChI is InChI=1S/C18H24N4O3S/c1-4-26(24,25)21-13-6-5-9-22(10-13)15-8-7-14(18(19)23)17-16(15)11(2)12(3)20-17/h4,7-8,13,20-21H,1,5-6,9-10H2,2-3H3,(H2,19,23). The number of aromatic amines is 1. The predicted molar refractivity (Wildman–Crippen MR) is 104 cm³/mol. The van der Waals surface area contributed by atoms with Gasteiger partial charge < -0.3 is 15.6 Å². The van der Waals surface area contributed by atoms with Gasteiger partial charge in [0.1, 0.15) is 0 Å². The van der Waals surface area contributed by atoms with Gasteiger partial charge in [-0.15, -0.1) is 0 Å². The van der Waals surface area contributed by atoms with Crippen molar-refractivity contribution in [2.45, 2.75) is 32.7 Å². The van der Waals surface area contributed by atoms with Gasteiger partial charge in [0.25, 0.3) is 5.91 Å². The first-order chi connectivity index (χ1) is 12.2. The maximum atomic E-state index is 11.8. The van der Waals surface area contributed by atoms with Crippen LogP contribution in [0.4, 0.5) is 5.69 Å². The average molecular weight is 376 g/mol. The fraction of sp³-hybridized carbons (Fsp3) is 0.389. The van der Waals surface area contributed by atoms with Gasteiger partial charge in [-0.1, -0.05) is 6.58 Å². The number of carbonyl (C=O) groups is 1. The molecule has 26 heavy (non-hydrogen) atoms. The molecule has 1 atom stereocenters. The first-order valence-electron chi connectivity index (χ1n) is 8.55. The van der Waals surface area contributed by atoms with Crippen molar-refractivity contribution in [2.75, 3.05) is 18.0 Å². The summed E-state index contributed by atoms with van der Waals surface area (Å²) in [6.07, 6.45) is 1.64. The summed E-state index contributed by atoms with van der Waals surface area (Å²) in [4.78, 5) is 17.2. The molecule has 3 rings (SSSR count). The second-order valence-electron chi connectivity index (χ2n) is 6.74. The Kier molecular flexibility index (Phi) is 4.81. The van der Waals surface area contributed by atoms with E-state index in [1.54, 1.807) is 6.07 Å². The first kappa shape index (κ1) is 18.5. The van der Waals surface area contributed by atoms with Crippen molar-refractivity contribution in [3.63, 3.8) is 0 Å². The van der Waals surface area contributed by atoms with Crippen LogP contribution in [0.3, 0.4) is 0 Å². The molecule has 7 nitrogen and oxygen atoms in total. The van der Waals surface area contributed by atoms with E-state index in [0.29, 0.717) is 12.1 Å². The number of sulfonamides is 1. The van der Waals surface area contributed by atoms with Crippen LogP contribution < -0.4 is 15.4 Å². The Morgan fingerprint density at radius 1 is 1.42 bits per heavy atom. The zero-order valence-corrected chi connectivity index (χ0v) is 15.8. The number of hydrogen-bond acceptors (Lipinski definition) is 4. The second kappa shape index (κ2) is 6.77. The number of hydrogen-bond donors (Lipinski definition) is 3. The minimum atomic E-state index is -3.47. The Morgan fingerprint density at radius 2 is 2.15 bits per heavy atom. The van der Waals surface area contributed by atoms with Gasteiger partial charge in [-0.25, -0.2) is 13.1 Å². The van der Waals surface area contributed by atoms with Crippen LogP contribution in [0, 0.1) is 13.8 Å². The monoisotopic (exact) mass is 376 g/mol. The van der Waals surface area contributed by atoms with Crippen molar-refractivity contribution < 1.29 is 13.2 Å². The Balaban J connectivity index is 2.01. The van der Waals surface area contributed by atoms with Crippen LogP contribution in [0.25, 0.3) is 10.9 Å². The molecule has 1 aliphatic heterocycles. The summed E-state index contributed by atoms with van der Waals surface area (Å²) in [5.41, 5.74) is 9.74. The fourth-order valence-electron chi connectivity index (χ4n) is 3.61. The van der Waals surface area contributed by atoms with Crippen molar-refractivity contribution in [1.29, 1.82) is 0 Å². The normalized spacial score (nSPS) is 18.2. The molecule has 1 fully saturated rings. The molecule has 4 N–H and O–H groups in total. The number of nitrogens with two attached hydrogens (primary N) is 1. The van der Waals surface area contributed by atoms with Gasteiger partial charge in [-0.3, -0.25) is 4.79 Å². The SMILES string of the molecule is C=CS(=O)(=O)NC1CCCN(c2ccc(C(N)=O)c3[nH]c(C)c(C)c23)C1. The number of amides is 1. The summed E-state index contributed by atoms with van der Waals surface area (Å²) in [5, 5.41) is 1.90. The summed E-state index contributed by atoms with van der Waals surface area (Å²) < 4.78 is 26.3. The number of benzene rings is 1. The van der Waals surface area contributed by atoms with Gasteiger partial charge in [0.05, 0.1) is 11.1 Å². The number of nitrogens with zero attached hydrogens (tertiary/aromatic N) is 1. The van der Waals surface area contributed by atoms with Crippen LogP contribution in [0.5, 0.6) is 0 Å². The Labute approximate surface area is 153 Å². The fourth-order valence-corrected chi connectivity index (χ4v) is 4.36. The quantitative estimate of drug-likeness (QED) is 0.741. The molecule has 1 amide bonds. The highest BCUT2D eigenvalue weighted by Crippen LogP contribution is 2.35. The smallest absolute Gasteiger partial charge is 0.250 e. The number of aryl methyl sites for hydroxylation is 2. The van der Waals surface area contributed by atoms with E-state index in [9.17, 15) is 13.2 Å². The van der Waals surface area contributed by atoms with Gasteiger partial charge in [0.15, 0.2) is 0 Å². The topological polar surface area (TPSA) is 108 Å². The molecule has 0 radical (unpaired) electrons. The van der Waals surface area contributed by atoms with Crippen LogP contribution >= 0.6 is 0 Å². The minimum absolute atomic E-state index is 0.182. The number of H-pyrrole nitrogens is 1. The molecular formula is C18H24N4O3S. The molecule has 1 aliphatic rings. The molecule has 1 aromatic carbocycles. The van der Waals surface area contributed by atoms with E-state index in [4.69, 9.17) is 5.73 Å². The number of piperidine rings is 1. The first-order valence-corrected chi connectivity index (χ1v) is 10.1. The van der Waals surface area contributed by atoms with Crippen molar-refractivity contribution in [3.05, 3.63) is 40.9 Å². The maximum absolute atomic E-state index is 11.8. The predicted octanol–water partition coefficient (Wildman–Crippen LogP) is 1.92. The third-order valence-electron chi connectivity index (χ3n) is 5.01. The zero-order chi connectivity index (χ0) is 19.1. The average Bonchev–Trinajstić information content (AvgIpc) is 2.89. The summed E-state index contributed by atoms with van der Waals surface area (Å²) in [5.74, 6) is -0.474. The van der Waals surface area contributed by atoms with E-state index in [0.717, 1.165) is 52.6 Å². The maximum Gasteiger partial charge on any atom is 0.250 e. The zero-order valence-electron chi connectivity index (χ0n) is 15.0. The Morgan fingerprint density at radius 3 is 2.81 bits per heavy atom. The number of nitrogens with one attached hydrogen (secondary N) is 2. The largest absolute Gasteiger partial charge is 0.369 e. The van der Waals surface area contributed by atoms with Gasteiger partial charge in [0, 0.05) is 41.3 Å². The summed E-state index contributed by atoms with van der Waals surface area (Å²) in [6, 6.07) is 3.44. The van der Waals surface area contributed by atoms with E-state index in [1.807, 2.05) is 19.9 Å². The Hall–Kier alpha value is -2.32. The summed E-state index contributed by atoms with van der Waals surface area (Å²) in [6.45, 7) is 8.69. The number of rotatable bonds is 5. The molecular weight excluding hydrogens is 352 g/mol. The van der Waals surface area contributed by atoms with Gasteiger partial charge >= 0.3 is 0 Å². The molecule has 1 unspecified atom stereocenters. The molecule has 2 aromatic rings. The molecule has 0 saturated carbocycles. The van der Waals surface area contributed by atoms with Crippen LogP contribution in [-0.2, 0) is 10.0 Å². The highest BCUT2D eigenvalue weighted by molar-refractivity contribution is 7.92. The van der Waals surface area contributed by atoms with E-state index < -0.39 is 15.9 Å². The van der Waals surface area contributed by atoms with Crippen molar-refractivity contribution in [3.8, 4) is 0 Å². The molecule has 0 aliphatic carbocycles. The van der Waals surface area contributed by atoms with Crippen LogP contribution in [0.1, 0.15) is 34.5 Å². The molecule has 8 heteroatoms. The minimum Gasteiger partial charge on any atom is -0.369 e. The highest BCUT2D eigenvalue weighted by atomic mass is 32.2. The van der Waals surface area contributed by atoms with Crippen LogP contribution in [-0.4, -0.2) is 38.4 Å². The lowest BCUT2D eigenvalue weighted by Crippen LogP contribution is -2.47. The second-order valence-corrected chi connectivity index (χ2v) is 8.40. The van der Waals surface area contributed by atoms with Gasteiger partial charge in [-0.2, -0.15) is 0 Å². The lowest BCUT2D eigenvalue weighted by Gasteiger charge is -2.35. The molecule has 1 aromatic heterocycles. The summed E-state index contributed by atoms with van der Waals surface area (Å²) >= 11 is 0. The van der Waals surface area contributed by atoms with E-state index >= 15 is 0 Å². The van der Waals surface area contributed by atoms with Crippen molar-refractivity contribution in [2.24, 2.45) is 5.73 Å².